The molecule has 0 bridgehead atoms. The van der Waals surface area contributed by atoms with Gasteiger partial charge in [-0.1, -0.05) is 13.3 Å². The number of hydrogen-bond acceptors (Lipinski definition) is 13. The minimum absolute atomic E-state index is 0.0167. The van der Waals surface area contributed by atoms with Crippen molar-refractivity contribution < 1.29 is 9.59 Å². The lowest BCUT2D eigenvalue weighted by molar-refractivity contribution is -0.123. The summed E-state index contributed by atoms with van der Waals surface area (Å²) in [5.74, 6) is -0.0318. The number of nitrogens with zero attached hydrogens (tertiary/aromatic N) is 5. The Hall–Kier alpha value is -2.88. The zero-order valence-corrected chi connectivity index (χ0v) is 34.8. The molecule has 0 rings (SSSR count). The van der Waals surface area contributed by atoms with Crippen LogP contribution in [-0.4, -0.2) is 189 Å². The van der Waals surface area contributed by atoms with E-state index in [4.69, 9.17) is 34.4 Å². The summed E-state index contributed by atoms with van der Waals surface area (Å²) in [6.07, 6.45) is 6.99. The summed E-state index contributed by atoms with van der Waals surface area (Å²) in [4.78, 5) is 40.5. The highest BCUT2D eigenvalue weighted by atomic mass is 16.2. The second kappa shape index (κ2) is 36.7. The van der Waals surface area contributed by atoms with Crippen molar-refractivity contribution in [1.82, 2.24) is 46.6 Å². The molecule has 0 fully saturated rings. The van der Waals surface area contributed by atoms with Crippen LogP contribution in [0.5, 0.6) is 0 Å². The molecule has 0 aromatic heterocycles. The highest BCUT2D eigenvalue weighted by molar-refractivity contribution is 5.82. The van der Waals surface area contributed by atoms with Gasteiger partial charge in [0.25, 0.3) is 0 Å². The quantitative estimate of drug-likeness (QED) is 0.0161. The lowest BCUT2D eigenvalue weighted by Crippen LogP contribution is -2.45. The molecule has 0 aliphatic heterocycles. The lowest BCUT2D eigenvalue weighted by Gasteiger charge is -2.28. The van der Waals surface area contributed by atoms with E-state index < -0.39 is 6.04 Å². The molecule has 0 heterocycles. The zero-order chi connectivity index (χ0) is 40.9. The molecule has 0 spiro atoms. The summed E-state index contributed by atoms with van der Waals surface area (Å²) in [5, 5.41) is 19.3. The second-order valence-electron chi connectivity index (χ2n) is 13.9. The molecular formula is C36H83N17O2. The summed E-state index contributed by atoms with van der Waals surface area (Å²) in [7, 11) is 3.78. The lowest BCUT2D eigenvalue weighted by atomic mass is 10.1. The average Bonchev–Trinajstić information content (AvgIpc) is 3.15. The fraction of sp³-hybridized carbons (Fsp3) is 0.889. The molecule has 0 saturated carbocycles. The molecule has 0 aliphatic rings. The third kappa shape index (κ3) is 32.0. The average molecular weight is 786 g/mol. The van der Waals surface area contributed by atoms with E-state index in [0.29, 0.717) is 58.5 Å². The largest absolute Gasteiger partial charge is 0.370 e. The predicted molar refractivity (Wildman–Crippen MR) is 229 cm³/mol. The van der Waals surface area contributed by atoms with E-state index in [9.17, 15) is 9.59 Å². The maximum atomic E-state index is 12.6. The predicted octanol–water partition coefficient (Wildman–Crippen LogP) is -3.92. The van der Waals surface area contributed by atoms with Crippen molar-refractivity contribution in [1.29, 1.82) is 0 Å². The van der Waals surface area contributed by atoms with Crippen molar-refractivity contribution in [2.45, 2.75) is 70.4 Å². The maximum absolute atomic E-state index is 12.6. The van der Waals surface area contributed by atoms with Crippen LogP contribution in [0, 0.1) is 0 Å². The van der Waals surface area contributed by atoms with Crippen LogP contribution in [0.3, 0.4) is 0 Å². The highest BCUT2D eigenvalue weighted by Gasteiger charge is 2.16. The van der Waals surface area contributed by atoms with Gasteiger partial charge in [-0.05, 0) is 78.7 Å². The summed E-state index contributed by atoms with van der Waals surface area (Å²) >= 11 is 0. The van der Waals surface area contributed by atoms with Crippen LogP contribution >= 0.6 is 0 Å². The molecule has 2 unspecified atom stereocenters. The van der Waals surface area contributed by atoms with E-state index in [2.05, 4.69) is 63.5 Å². The van der Waals surface area contributed by atoms with Crippen molar-refractivity contribution in [2.75, 3.05) is 138 Å². The highest BCUT2D eigenvalue weighted by Crippen LogP contribution is 2.04. The monoisotopic (exact) mass is 786 g/mol. The molecule has 19 nitrogen and oxygen atoms in total. The third-order valence-electron chi connectivity index (χ3n) is 9.17. The Morgan fingerprint density at radius 1 is 0.582 bits per heavy atom. The molecule has 55 heavy (non-hydrogen) atoms. The molecule has 0 aromatic carbocycles. The molecule has 0 saturated heterocycles. The molecule has 0 aliphatic carbocycles. The molecule has 19 heteroatoms. The summed E-state index contributed by atoms with van der Waals surface area (Å²) in [6.45, 7) is 17.9. The molecule has 2 atom stereocenters. The Labute approximate surface area is 332 Å². The first kappa shape index (κ1) is 52.1. The fourth-order valence-electron chi connectivity index (χ4n) is 5.98. The molecule has 0 radical (unpaired) electrons. The smallest absolute Gasteiger partial charge is 0.237 e. The standard InChI is InChI=1S/C36H83N17O2/c1-4-22-51(28-21-48-33(54)31(38)10-8-13-49-35(39)40)23-6-5-7-24-52(29-30-53(25-18-43-2)27-19-45-15-12-37)26-20-46-16-17-47-34(55)32(44-3)11-9-14-50-36(41)42/h31-32,43-46H,4-30,37-38H2,1-3H3,(H,47,55)(H,48,54)(H4,39,40,49)(H4,41,42,50). The topological polar surface area (TPSA) is 297 Å². The van der Waals surface area contributed by atoms with Gasteiger partial charge in [0.1, 0.15) is 0 Å². The number of carbonyl (C=O) groups excluding carboxylic acids is 2. The van der Waals surface area contributed by atoms with Gasteiger partial charge in [0.2, 0.25) is 11.8 Å². The van der Waals surface area contributed by atoms with Gasteiger partial charge >= 0.3 is 0 Å². The first-order valence-corrected chi connectivity index (χ1v) is 20.6. The van der Waals surface area contributed by atoms with Crippen LogP contribution in [0.2, 0.25) is 0 Å². The molecule has 2 amide bonds. The minimum Gasteiger partial charge on any atom is -0.370 e. The Bertz CT molecular complexity index is 982. The Balaban J connectivity index is 4.86. The number of carbonyl (C=O) groups is 2. The number of likely N-dealkylation sites (N-methyl/N-ethyl adjacent to an activating group) is 2. The number of nitrogens with two attached hydrogens (primary N) is 6. The van der Waals surface area contributed by atoms with Gasteiger partial charge in [0.15, 0.2) is 11.9 Å². The van der Waals surface area contributed by atoms with Crippen molar-refractivity contribution in [3.05, 3.63) is 0 Å². The molecular weight excluding hydrogens is 703 g/mol. The van der Waals surface area contributed by atoms with E-state index in [1.165, 1.54) is 0 Å². The van der Waals surface area contributed by atoms with E-state index in [0.717, 1.165) is 117 Å². The Morgan fingerprint density at radius 3 is 1.67 bits per heavy atom. The number of nitrogens with one attached hydrogen (secondary N) is 6. The van der Waals surface area contributed by atoms with E-state index in [1.807, 2.05) is 7.05 Å². The second-order valence-corrected chi connectivity index (χ2v) is 13.9. The number of hydrogen-bond donors (Lipinski definition) is 12. The normalized spacial score (nSPS) is 12.6. The van der Waals surface area contributed by atoms with Gasteiger partial charge in [-0.25, -0.2) is 0 Å². The number of unbranched alkanes of at least 4 members (excludes halogenated alkanes) is 2. The Morgan fingerprint density at radius 2 is 1.11 bits per heavy atom. The number of aliphatic imine (C=N–C) groups is 2. The number of guanidine groups is 2. The van der Waals surface area contributed by atoms with Crippen LogP contribution < -0.4 is 66.3 Å². The van der Waals surface area contributed by atoms with Crippen LogP contribution in [0.15, 0.2) is 9.98 Å². The van der Waals surface area contributed by atoms with Crippen molar-refractivity contribution in [2.24, 2.45) is 44.4 Å². The summed E-state index contributed by atoms with van der Waals surface area (Å²) in [6, 6.07) is -0.842. The zero-order valence-electron chi connectivity index (χ0n) is 34.8. The van der Waals surface area contributed by atoms with Gasteiger partial charge in [0.05, 0.1) is 12.1 Å². The minimum atomic E-state index is -0.563. The summed E-state index contributed by atoms with van der Waals surface area (Å²) < 4.78 is 0. The van der Waals surface area contributed by atoms with Gasteiger partial charge in [-0.3, -0.25) is 24.5 Å². The van der Waals surface area contributed by atoms with E-state index in [-0.39, 0.29) is 29.8 Å². The first-order valence-electron chi connectivity index (χ1n) is 20.6. The van der Waals surface area contributed by atoms with Gasteiger partial charge < -0.3 is 76.1 Å². The van der Waals surface area contributed by atoms with Crippen molar-refractivity contribution >= 4 is 23.7 Å². The first-order chi connectivity index (χ1) is 26.6. The molecule has 324 valence electrons. The molecule has 0 aromatic rings. The van der Waals surface area contributed by atoms with Crippen LogP contribution in [-0.2, 0) is 9.59 Å². The van der Waals surface area contributed by atoms with Crippen LogP contribution in [0.1, 0.15) is 58.3 Å². The van der Waals surface area contributed by atoms with Gasteiger partial charge in [-0.2, -0.15) is 0 Å². The van der Waals surface area contributed by atoms with Gasteiger partial charge in [0, 0.05) is 105 Å². The van der Waals surface area contributed by atoms with Crippen molar-refractivity contribution in [3.63, 3.8) is 0 Å². The molecule has 18 N–H and O–H groups in total. The van der Waals surface area contributed by atoms with Crippen molar-refractivity contribution in [3.8, 4) is 0 Å². The van der Waals surface area contributed by atoms with Crippen LogP contribution in [0.4, 0.5) is 0 Å². The summed E-state index contributed by atoms with van der Waals surface area (Å²) in [5.41, 5.74) is 33.2. The number of amides is 2. The van der Waals surface area contributed by atoms with Crippen LogP contribution in [0.25, 0.3) is 0 Å². The SMILES string of the molecule is CCCN(CCCCCN(CCNCCNC(=O)C(CCCN=C(N)N)NC)CCN(CCNC)CCNCCN)CCNC(=O)C(N)CCCN=C(N)N. The third-order valence-corrected chi connectivity index (χ3v) is 9.17. The Kier molecular flexibility index (Phi) is 34.8. The fourth-order valence-corrected chi connectivity index (χ4v) is 5.98. The van der Waals surface area contributed by atoms with E-state index >= 15 is 0 Å². The number of rotatable bonds is 39. The van der Waals surface area contributed by atoms with E-state index in [1.54, 1.807) is 7.05 Å². The maximum Gasteiger partial charge on any atom is 0.237 e. The van der Waals surface area contributed by atoms with Gasteiger partial charge in [-0.15, -0.1) is 0 Å².